The zero-order chi connectivity index (χ0) is 10.8. The summed E-state index contributed by atoms with van der Waals surface area (Å²) in [7, 11) is 0. The molecule has 3 nitrogen and oxygen atoms in total. The van der Waals surface area contributed by atoms with Crippen molar-refractivity contribution in [2.75, 3.05) is 0 Å². The first kappa shape index (κ1) is 8.97. The third-order valence-corrected chi connectivity index (χ3v) is 2.30. The number of para-hydroxylation sites is 2. The highest BCUT2D eigenvalue weighted by Gasteiger charge is 2.08. The molecule has 3 aromatic rings. The first-order chi connectivity index (χ1) is 7.93. The van der Waals surface area contributed by atoms with Crippen molar-refractivity contribution in [3.8, 4) is 11.6 Å². The van der Waals surface area contributed by atoms with Gasteiger partial charge in [-0.1, -0.05) is 30.3 Å². The van der Waals surface area contributed by atoms with E-state index in [1.165, 1.54) is 0 Å². The van der Waals surface area contributed by atoms with Crippen molar-refractivity contribution in [1.82, 2.24) is 5.16 Å². The van der Waals surface area contributed by atoms with Crippen LogP contribution in [0.2, 0.25) is 0 Å². The number of hydrogen-bond donors (Lipinski definition) is 0. The minimum absolute atomic E-state index is 0.502. The lowest BCUT2D eigenvalue weighted by atomic mass is 10.2. The fourth-order valence-corrected chi connectivity index (χ4v) is 1.54. The third-order valence-electron chi connectivity index (χ3n) is 2.30. The van der Waals surface area contributed by atoms with E-state index >= 15 is 0 Å². The Morgan fingerprint density at radius 3 is 2.50 bits per heavy atom. The summed E-state index contributed by atoms with van der Waals surface area (Å²) < 4.78 is 10.8. The van der Waals surface area contributed by atoms with Crippen LogP contribution in [0.4, 0.5) is 0 Å². The second-order valence-corrected chi connectivity index (χ2v) is 3.40. The summed E-state index contributed by atoms with van der Waals surface area (Å²) in [5.74, 6) is 1.25. The van der Waals surface area contributed by atoms with Crippen molar-refractivity contribution < 1.29 is 9.26 Å². The van der Waals surface area contributed by atoms with Gasteiger partial charge >= 0.3 is 0 Å². The van der Waals surface area contributed by atoms with Gasteiger partial charge in [0.2, 0.25) is 0 Å². The Labute approximate surface area is 92.2 Å². The van der Waals surface area contributed by atoms with Crippen LogP contribution < -0.4 is 4.74 Å². The van der Waals surface area contributed by atoms with Gasteiger partial charge in [0.25, 0.3) is 5.88 Å². The van der Waals surface area contributed by atoms with E-state index in [9.17, 15) is 0 Å². The lowest BCUT2D eigenvalue weighted by Gasteiger charge is -2.00. The quantitative estimate of drug-likeness (QED) is 0.649. The van der Waals surface area contributed by atoms with Crippen molar-refractivity contribution in [2.24, 2.45) is 0 Å². The smallest absolute Gasteiger partial charge is 0.267 e. The van der Waals surface area contributed by atoms with Crippen LogP contribution in [0.3, 0.4) is 0 Å². The van der Waals surface area contributed by atoms with Gasteiger partial charge in [-0.15, -0.1) is 0 Å². The molecule has 0 N–H and O–H groups in total. The molecular weight excluding hydrogens is 202 g/mol. The molecule has 0 bridgehead atoms. The minimum Gasteiger partial charge on any atom is -0.436 e. The molecule has 0 amide bonds. The van der Waals surface area contributed by atoms with Crippen LogP contribution in [0.15, 0.2) is 59.1 Å². The molecule has 0 fully saturated rings. The summed E-state index contributed by atoms with van der Waals surface area (Å²) >= 11 is 0. The standard InChI is InChI=1S/C13H9NO2/c1-2-6-10(7-3-1)15-13-11-8-4-5-9-12(11)16-14-13/h1-9H. The van der Waals surface area contributed by atoms with E-state index < -0.39 is 0 Å². The van der Waals surface area contributed by atoms with Crippen LogP contribution in [0.1, 0.15) is 0 Å². The topological polar surface area (TPSA) is 35.3 Å². The lowest BCUT2D eigenvalue weighted by molar-refractivity contribution is 0.384. The van der Waals surface area contributed by atoms with E-state index in [4.69, 9.17) is 9.26 Å². The molecule has 0 saturated heterocycles. The summed E-state index contributed by atoms with van der Waals surface area (Å²) in [6.07, 6.45) is 0. The molecule has 0 aliphatic rings. The zero-order valence-electron chi connectivity index (χ0n) is 8.46. The average molecular weight is 211 g/mol. The molecule has 0 aliphatic carbocycles. The first-order valence-corrected chi connectivity index (χ1v) is 5.01. The summed E-state index contributed by atoms with van der Waals surface area (Å²) in [6, 6.07) is 17.1. The van der Waals surface area contributed by atoms with Gasteiger partial charge in [0, 0.05) is 0 Å². The number of benzene rings is 2. The maximum Gasteiger partial charge on any atom is 0.267 e. The number of fused-ring (bicyclic) bond motifs is 1. The molecule has 2 aromatic carbocycles. The molecule has 1 aromatic heterocycles. The molecule has 0 aliphatic heterocycles. The normalized spacial score (nSPS) is 10.5. The molecular formula is C13H9NO2. The van der Waals surface area contributed by atoms with Gasteiger partial charge in [-0.25, -0.2) is 0 Å². The highest BCUT2D eigenvalue weighted by Crippen LogP contribution is 2.28. The van der Waals surface area contributed by atoms with Gasteiger partial charge in [-0.2, -0.15) is 0 Å². The fourth-order valence-electron chi connectivity index (χ4n) is 1.54. The Bertz CT molecular complexity index is 601. The number of hydrogen-bond acceptors (Lipinski definition) is 3. The minimum atomic E-state index is 0.502. The van der Waals surface area contributed by atoms with Crippen LogP contribution in [0.5, 0.6) is 11.6 Å². The molecule has 0 spiro atoms. The summed E-state index contributed by atoms with van der Waals surface area (Å²) in [6.45, 7) is 0. The second-order valence-electron chi connectivity index (χ2n) is 3.40. The molecule has 1 heterocycles. The molecule has 0 unspecified atom stereocenters. The van der Waals surface area contributed by atoms with Crippen LogP contribution in [0, 0.1) is 0 Å². The maximum atomic E-state index is 5.63. The lowest BCUT2D eigenvalue weighted by Crippen LogP contribution is -1.83. The highest BCUT2D eigenvalue weighted by atomic mass is 16.5. The fraction of sp³-hybridized carbons (Fsp3) is 0. The molecule has 78 valence electrons. The van der Waals surface area contributed by atoms with E-state index in [1.54, 1.807) is 0 Å². The molecule has 0 atom stereocenters. The number of ether oxygens (including phenoxy) is 1. The molecule has 3 rings (SSSR count). The summed E-state index contributed by atoms with van der Waals surface area (Å²) in [5.41, 5.74) is 0.730. The molecule has 0 radical (unpaired) electrons. The maximum absolute atomic E-state index is 5.63. The van der Waals surface area contributed by atoms with E-state index in [2.05, 4.69) is 5.16 Å². The van der Waals surface area contributed by atoms with Gasteiger partial charge in [-0.3, -0.25) is 0 Å². The van der Waals surface area contributed by atoms with Crippen molar-refractivity contribution in [3.05, 3.63) is 54.6 Å². The molecule has 3 heteroatoms. The predicted octanol–water partition coefficient (Wildman–Crippen LogP) is 3.62. The SMILES string of the molecule is c1ccc(Oc2noc3ccccc23)cc1. The van der Waals surface area contributed by atoms with E-state index in [-0.39, 0.29) is 0 Å². The van der Waals surface area contributed by atoms with Crippen molar-refractivity contribution in [3.63, 3.8) is 0 Å². The van der Waals surface area contributed by atoms with Gasteiger partial charge in [0.05, 0.1) is 5.39 Å². The second kappa shape index (κ2) is 3.70. The Morgan fingerprint density at radius 2 is 1.62 bits per heavy atom. The number of nitrogens with zero attached hydrogens (tertiary/aromatic N) is 1. The van der Waals surface area contributed by atoms with Crippen molar-refractivity contribution in [1.29, 1.82) is 0 Å². The van der Waals surface area contributed by atoms with Crippen LogP contribution >= 0.6 is 0 Å². The average Bonchev–Trinajstić information content (AvgIpc) is 2.74. The van der Waals surface area contributed by atoms with E-state index in [0.717, 1.165) is 16.7 Å². The summed E-state index contributed by atoms with van der Waals surface area (Å²) in [4.78, 5) is 0. The number of aromatic nitrogens is 1. The van der Waals surface area contributed by atoms with Gasteiger partial charge < -0.3 is 9.26 Å². The number of rotatable bonds is 2. The van der Waals surface area contributed by atoms with Gasteiger partial charge in [0.1, 0.15) is 5.75 Å². The molecule has 16 heavy (non-hydrogen) atoms. The third kappa shape index (κ3) is 1.52. The zero-order valence-corrected chi connectivity index (χ0v) is 8.46. The van der Waals surface area contributed by atoms with E-state index in [0.29, 0.717) is 5.88 Å². The van der Waals surface area contributed by atoms with Gasteiger partial charge in [-0.05, 0) is 29.4 Å². The Kier molecular flexibility index (Phi) is 2.07. The Hall–Kier alpha value is -2.29. The van der Waals surface area contributed by atoms with Crippen LogP contribution in [-0.2, 0) is 0 Å². The van der Waals surface area contributed by atoms with Crippen molar-refractivity contribution >= 4 is 11.0 Å². The van der Waals surface area contributed by atoms with E-state index in [1.807, 2.05) is 54.6 Å². The largest absolute Gasteiger partial charge is 0.436 e. The Balaban J connectivity index is 2.01. The molecule has 0 saturated carbocycles. The monoisotopic (exact) mass is 211 g/mol. The summed E-state index contributed by atoms with van der Waals surface area (Å²) in [5, 5.41) is 4.77. The first-order valence-electron chi connectivity index (χ1n) is 5.01. The van der Waals surface area contributed by atoms with Crippen LogP contribution in [0.25, 0.3) is 11.0 Å². The van der Waals surface area contributed by atoms with Gasteiger partial charge in [0.15, 0.2) is 5.58 Å². The highest BCUT2D eigenvalue weighted by molar-refractivity contribution is 5.82. The van der Waals surface area contributed by atoms with Crippen molar-refractivity contribution in [2.45, 2.75) is 0 Å². The Morgan fingerprint density at radius 1 is 0.875 bits per heavy atom. The predicted molar refractivity (Wildman–Crippen MR) is 60.5 cm³/mol. The van der Waals surface area contributed by atoms with Crippen LogP contribution in [-0.4, -0.2) is 5.16 Å².